The lowest BCUT2D eigenvalue weighted by Crippen LogP contribution is -2.52. The summed E-state index contributed by atoms with van der Waals surface area (Å²) in [6, 6.07) is 18.6. The summed E-state index contributed by atoms with van der Waals surface area (Å²) in [6.07, 6.45) is -0.124. The van der Waals surface area contributed by atoms with Gasteiger partial charge in [0.05, 0.1) is 24.3 Å². The van der Waals surface area contributed by atoms with Crippen molar-refractivity contribution in [2.75, 3.05) is 13.7 Å². The average molecular weight is 626 g/mol. The molecule has 1 aliphatic rings. The third kappa shape index (κ3) is 6.59. The summed E-state index contributed by atoms with van der Waals surface area (Å²) in [5.74, 6) is -0.632. The molecule has 0 bridgehead atoms. The van der Waals surface area contributed by atoms with Gasteiger partial charge in [-0.1, -0.05) is 41.4 Å². The molecule has 9 heteroatoms. The molecule has 6 nitrogen and oxygen atoms in total. The highest BCUT2D eigenvalue weighted by atomic mass is 35.5. The van der Waals surface area contributed by atoms with Crippen LogP contribution in [0.5, 0.6) is 5.88 Å². The number of aromatic nitrogens is 1. The molecule has 1 saturated heterocycles. The van der Waals surface area contributed by atoms with E-state index in [1.807, 2.05) is 51.1 Å². The lowest BCUT2D eigenvalue weighted by molar-refractivity contribution is -0.0643. The number of hydrogen-bond acceptors (Lipinski definition) is 5. The lowest BCUT2D eigenvalue weighted by atomic mass is 9.69. The van der Waals surface area contributed by atoms with Crippen molar-refractivity contribution in [2.24, 2.45) is 0 Å². The molecular formula is C34H35Cl2FN2O4. The zero-order valence-electron chi connectivity index (χ0n) is 24.8. The molecule has 1 aromatic heterocycles. The molecule has 0 spiro atoms. The fourth-order valence-electron chi connectivity index (χ4n) is 6.06. The normalized spacial score (nSPS) is 19.7. The van der Waals surface area contributed by atoms with Crippen molar-refractivity contribution in [2.45, 2.75) is 63.7 Å². The smallest absolute Gasteiger partial charge is 0.410 e. The van der Waals surface area contributed by atoms with Crippen LogP contribution in [0.2, 0.25) is 10.0 Å². The number of ether oxygens (including phenoxy) is 2. The van der Waals surface area contributed by atoms with E-state index in [9.17, 15) is 14.3 Å². The number of carbonyl (C=O) groups is 1. The summed E-state index contributed by atoms with van der Waals surface area (Å²) in [5, 5.41) is 14.7. The Morgan fingerprint density at radius 3 is 2.42 bits per heavy atom. The first-order valence-electron chi connectivity index (χ1n) is 14.2. The van der Waals surface area contributed by atoms with Crippen LogP contribution in [0.15, 0.2) is 66.7 Å². The van der Waals surface area contributed by atoms with Crippen LogP contribution in [0.25, 0.3) is 10.9 Å². The minimum absolute atomic E-state index is 0.142. The van der Waals surface area contributed by atoms with Crippen LogP contribution in [0.3, 0.4) is 0 Å². The Labute approximate surface area is 261 Å². The summed E-state index contributed by atoms with van der Waals surface area (Å²) in [5.41, 5.74) is 1.47. The molecule has 2 heterocycles. The number of amides is 1. The number of carbonyl (C=O) groups excluding carboxylic acids is 1. The topological polar surface area (TPSA) is 71.9 Å². The number of rotatable bonds is 5. The molecule has 1 N–H and O–H groups in total. The fourth-order valence-corrected chi connectivity index (χ4v) is 6.37. The van der Waals surface area contributed by atoms with Crippen LogP contribution < -0.4 is 4.74 Å². The predicted octanol–water partition coefficient (Wildman–Crippen LogP) is 8.63. The molecule has 226 valence electrons. The number of halogens is 3. The Bertz CT molecular complexity index is 1660. The third-order valence-corrected chi connectivity index (χ3v) is 8.43. The van der Waals surface area contributed by atoms with E-state index in [2.05, 4.69) is 0 Å². The zero-order chi connectivity index (χ0) is 31.1. The van der Waals surface area contributed by atoms with Gasteiger partial charge in [0, 0.05) is 39.9 Å². The summed E-state index contributed by atoms with van der Waals surface area (Å²) in [4.78, 5) is 19.9. The second kappa shape index (κ2) is 11.9. The van der Waals surface area contributed by atoms with Crippen molar-refractivity contribution in [3.8, 4) is 5.88 Å². The number of benzene rings is 3. The highest BCUT2D eigenvalue weighted by molar-refractivity contribution is 6.31. The number of aliphatic hydroxyl groups is 1. The maximum absolute atomic E-state index is 14.2. The molecule has 0 aliphatic carbocycles. The molecule has 3 aromatic carbocycles. The van der Waals surface area contributed by atoms with E-state index >= 15 is 0 Å². The SMILES string of the molecule is COc1nc2ccc(Cl)cc2cc1C(c1ccc(Cl)cc1)C1(O)CCN(C(=O)OC(C)(C)C)C(c2ccc(F)cc2C)C1. The summed E-state index contributed by atoms with van der Waals surface area (Å²) < 4.78 is 25.8. The Balaban J connectivity index is 1.68. The Hall–Kier alpha value is -3.39. The van der Waals surface area contributed by atoms with Crippen molar-refractivity contribution in [1.29, 1.82) is 0 Å². The fraction of sp³-hybridized carbons (Fsp3) is 0.353. The van der Waals surface area contributed by atoms with Crippen molar-refractivity contribution >= 4 is 40.2 Å². The molecule has 1 amide bonds. The number of pyridine rings is 1. The molecule has 4 aromatic rings. The van der Waals surface area contributed by atoms with Gasteiger partial charge in [0.2, 0.25) is 5.88 Å². The van der Waals surface area contributed by atoms with Gasteiger partial charge < -0.3 is 19.5 Å². The molecule has 3 unspecified atom stereocenters. The van der Waals surface area contributed by atoms with Gasteiger partial charge in [-0.2, -0.15) is 0 Å². The summed E-state index contributed by atoms with van der Waals surface area (Å²) in [7, 11) is 1.55. The van der Waals surface area contributed by atoms with Gasteiger partial charge in [-0.05, 0) is 99.3 Å². The second-order valence-electron chi connectivity index (χ2n) is 12.2. The van der Waals surface area contributed by atoms with E-state index in [0.717, 1.165) is 16.5 Å². The largest absolute Gasteiger partial charge is 0.481 e. The van der Waals surface area contributed by atoms with E-state index in [4.69, 9.17) is 37.7 Å². The maximum atomic E-state index is 14.2. The quantitative estimate of drug-likeness (QED) is 0.241. The molecule has 1 fully saturated rings. The standard InChI is InChI=1S/C34H35Cl2FN2O4/c1-20-16-25(37)11-12-26(20)29-19-34(41,14-15-39(29)32(40)43-33(2,3)4)30(21-6-8-23(35)9-7-21)27-18-22-17-24(36)10-13-28(22)38-31(27)42-5/h6-13,16-18,29-30,41H,14-15,19H2,1-5H3. The number of likely N-dealkylation sites (tertiary alicyclic amines) is 1. The molecule has 0 radical (unpaired) electrons. The minimum atomic E-state index is -1.39. The first kappa shape index (κ1) is 31.0. The molecular weight excluding hydrogens is 590 g/mol. The number of fused-ring (bicyclic) bond motifs is 1. The van der Waals surface area contributed by atoms with E-state index in [1.54, 1.807) is 43.2 Å². The highest BCUT2D eigenvalue weighted by Crippen LogP contribution is 2.50. The van der Waals surface area contributed by atoms with Gasteiger partial charge >= 0.3 is 6.09 Å². The summed E-state index contributed by atoms with van der Waals surface area (Å²) >= 11 is 12.6. The Morgan fingerprint density at radius 1 is 1.07 bits per heavy atom. The molecule has 3 atom stereocenters. The van der Waals surface area contributed by atoms with Crippen molar-refractivity contribution in [1.82, 2.24) is 9.88 Å². The lowest BCUT2D eigenvalue weighted by Gasteiger charge is -2.48. The first-order valence-corrected chi connectivity index (χ1v) is 14.9. The van der Waals surface area contributed by atoms with E-state index in [-0.39, 0.29) is 25.2 Å². The molecule has 1 aliphatic heterocycles. The Morgan fingerprint density at radius 2 is 1.77 bits per heavy atom. The number of methoxy groups -OCH3 is 1. The van der Waals surface area contributed by atoms with Gasteiger partial charge in [-0.25, -0.2) is 14.2 Å². The van der Waals surface area contributed by atoms with Crippen LogP contribution >= 0.6 is 23.2 Å². The minimum Gasteiger partial charge on any atom is -0.481 e. The number of hydrogen-bond donors (Lipinski definition) is 1. The number of piperidine rings is 1. The molecule has 5 rings (SSSR count). The van der Waals surface area contributed by atoms with Gasteiger partial charge in [0.1, 0.15) is 11.4 Å². The van der Waals surface area contributed by atoms with Crippen molar-refractivity contribution in [3.63, 3.8) is 0 Å². The second-order valence-corrected chi connectivity index (χ2v) is 13.0. The Kier molecular flexibility index (Phi) is 8.63. The number of nitrogens with zero attached hydrogens (tertiary/aromatic N) is 2. The highest BCUT2D eigenvalue weighted by Gasteiger charge is 2.49. The van der Waals surface area contributed by atoms with Gasteiger partial charge in [-0.3, -0.25) is 0 Å². The van der Waals surface area contributed by atoms with E-state index in [1.165, 1.54) is 12.1 Å². The zero-order valence-corrected chi connectivity index (χ0v) is 26.3. The van der Waals surface area contributed by atoms with Gasteiger partial charge in [-0.15, -0.1) is 0 Å². The van der Waals surface area contributed by atoms with Crippen LogP contribution in [-0.4, -0.2) is 45.9 Å². The predicted molar refractivity (Wildman–Crippen MR) is 168 cm³/mol. The first-order chi connectivity index (χ1) is 20.3. The van der Waals surface area contributed by atoms with E-state index in [0.29, 0.717) is 32.6 Å². The van der Waals surface area contributed by atoms with Gasteiger partial charge in [0.15, 0.2) is 0 Å². The van der Waals surface area contributed by atoms with Gasteiger partial charge in [0.25, 0.3) is 0 Å². The van der Waals surface area contributed by atoms with Crippen molar-refractivity contribution < 1.29 is 23.8 Å². The van der Waals surface area contributed by atoms with Crippen molar-refractivity contribution in [3.05, 3.63) is 105 Å². The van der Waals surface area contributed by atoms with E-state index < -0.39 is 29.3 Å². The number of aryl methyl sites for hydroxylation is 1. The molecule has 43 heavy (non-hydrogen) atoms. The summed E-state index contributed by atoms with van der Waals surface area (Å²) in [6.45, 7) is 7.43. The van der Waals surface area contributed by atoms with Crippen LogP contribution in [0.4, 0.5) is 9.18 Å². The maximum Gasteiger partial charge on any atom is 0.410 e. The van der Waals surface area contributed by atoms with Crippen LogP contribution in [0, 0.1) is 12.7 Å². The molecule has 0 saturated carbocycles. The third-order valence-electron chi connectivity index (χ3n) is 7.94. The average Bonchev–Trinajstić information content (AvgIpc) is 2.92. The monoisotopic (exact) mass is 624 g/mol. The van der Waals surface area contributed by atoms with Crippen LogP contribution in [-0.2, 0) is 4.74 Å². The van der Waals surface area contributed by atoms with Crippen LogP contribution in [0.1, 0.15) is 67.8 Å².